The molecule has 0 saturated carbocycles. The molecule has 0 bridgehead atoms. The molecule has 2 aromatic carbocycles. The van der Waals surface area contributed by atoms with Crippen LogP contribution < -0.4 is 15.6 Å². The average Bonchev–Trinajstić information content (AvgIpc) is 2.55. The van der Waals surface area contributed by atoms with Gasteiger partial charge in [-0.25, -0.2) is 0 Å². The van der Waals surface area contributed by atoms with E-state index in [1.54, 1.807) is 61.5 Å². The Morgan fingerprint density at radius 1 is 1.00 bits per heavy atom. The number of carbonyl (C=O) groups is 2. The van der Waals surface area contributed by atoms with Crippen LogP contribution in [0.15, 0.2) is 54.6 Å². The number of benzene rings is 2. The van der Waals surface area contributed by atoms with Gasteiger partial charge in [-0.3, -0.25) is 20.4 Å². The number of ether oxygens (including phenoxy) is 1. The second kappa shape index (κ2) is 7.47. The highest BCUT2D eigenvalue weighted by atomic mass is 35.5. The standard InChI is InChI=1S/C16H15ClN2O3/c1-11(22-14-10-6-5-9-13(14)17)15(20)18-19-16(21)12-7-3-2-4-8-12/h2-11H,1H3,(H,18,20)(H,19,21). The summed E-state index contributed by atoms with van der Waals surface area (Å²) >= 11 is 5.95. The predicted octanol–water partition coefficient (Wildman–Crippen LogP) is 2.57. The smallest absolute Gasteiger partial charge is 0.279 e. The topological polar surface area (TPSA) is 67.4 Å². The van der Waals surface area contributed by atoms with E-state index in [4.69, 9.17) is 16.3 Å². The maximum Gasteiger partial charge on any atom is 0.279 e. The van der Waals surface area contributed by atoms with Gasteiger partial charge in [-0.1, -0.05) is 41.9 Å². The minimum atomic E-state index is -0.809. The molecule has 0 spiro atoms. The molecule has 0 heterocycles. The monoisotopic (exact) mass is 318 g/mol. The summed E-state index contributed by atoms with van der Waals surface area (Å²) in [4.78, 5) is 23.7. The maximum atomic E-state index is 11.9. The molecule has 6 heteroatoms. The SMILES string of the molecule is CC(Oc1ccccc1Cl)C(=O)NNC(=O)c1ccccc1. The van der Waals surface area contributed by atoms with Gasteiger partial charge in [-0.05, 0) is 31.2 Å². The molecule has 2 rings (SSSR count). The zero-order valence-corrected chi connectivity index (χ0v) is 12.6. The number of halogens is 1. The van der Waals surface area contributed by atoms with E-state index in [1.165, 1.54) is 0 Å². The maximum absolute atomic E-state index is 11.9. The molecule has 5 nitrogen and oxygen atoms in total. The highest BCUT2D eigenvalue weighted by Crippen LogP contribution is 2.24. The lowest BCUT2D eigenvalue weighted by molar-refractivity contribution is -0.128. The minimum Gasteiger partial charge on any atom is -0.479 e. The molecule has 22 heavy (non-hydrogen) atoms. The predicted molar refractivity (Wildman–Crippen MR) is 83.6 cm³/mol. The fourth-order valence-electron chi connectivity index (χ4n) is 1.67. The minimum absolute atomic E-state index is 0.404. The molecule has 0 aliphatic carbocycles. The first-order valence-electron chi connectivity index (χ1n) is 6.64. The van der Waals surface area contributed by atoms with Gasteiger partial charge in [0.05, 0.1) is 5.02 Å². The molecular weight excluding hydrogens is 304 g/mol. The van der Waals surface area contributed by atoms with Crippen molar-refractivity contribution in [2.75, 3.05) is 0 Å². The Morgan fingerprint density at radius 3 is 2.32 bits per heavy atom. The Kier molecular flexibility index (Phi) is 5.38. The van der Waals surface area contributed by atoms with Gasteiger partial charge in [-0.15, -0.1) is 0 Å². The Hall–Kier alpha value is -2.53. The molecule has 1 unspecified atom stereocenters. The van der Waals surface area contributed by atoms with Crippen LogP contribution in [0.25, 0.3) is 0 Å². The van der Waals surface area contributed by atoms with Crippen LogP contribution in [0.2, 0.25) is 5.02 Å². The lowest BCUT2D eigenvalue weighted by Crippen LogP contribution is -2.47. The van der Waals surface area contributed by atoms with Gasteiger partial charge in [0, 0.05) is 5.56 Å². The number of rotatable bonds is 4. The van der Waals surface area contributed by atoms with Crippen molar-refractivity contribution in [1.82, 2.24) is 10.9 Å². The number of hydrogen-bond donors (Lipinski definition) is 2. The number of amides is 2. The molecule has 0 aliphatic heterocycles. The fourth-order valence-corrected chi connectivity index (χ4v) is 1.85. The van der Waals surface area contributed by atoms with Gasteiger partial charge >= 0.3 is 0 Å². The van der Waals surface area contributed by atoms with E-state index < -0.39 is 17.9 Å². The summed E-state index contributed by atoms with van der Waals surface area (Å²) in [5.74, 6) is -0.482. The van der Waals surface area contributed by atoms with Gasteiger partial charge in [0.15, 0.2) is 6.10 Å². The first-order chi connectivity index (χ1) is 10.6. The molecule has 0 aromatic heterocycles. The van der Waals surface area contributed by atoms with E-state index in [0.29, 0.717) is 16.3 Å². The summed E-state index contributed by atoms with van der Waals surface area (Å²) in [6.07, 6.45) is -0.809. The van der Waals surface area contributed by atoms with Gasteiger partial charge in [0.2, 0.25) is 0 Å². The van der Waals surface area contributed by atoms with Crippen LogP contribution in [0.1, 0.15) is 17.3 Å². The number of hydrazine groups is 1. The molecule has 2 amide bonds. The van der Waals surface area contributed by atoms with Crippen LogP contribution in [-0.4, -0.2) is 17.9 Å². The third-order valence-corrected chi connectivity index (χ3v) is 3.16. The van der Waals surface area contributed by atoms with Crippen LogP contribution >= 0.6 is 11.6 Å². The fraction of sp³-hybridized carbons (Fsp3) is 0.125. The molecule has 2 N–H and O–H groups in total. The van der Waals surface area contributed by atoms with Gasteiger partial charge in [0.1, 0.15) is 5.75 Å². The first-order valence-corrected chi connectivity index (χ1v) is 7.02. The molecule has 0 fully saturated rings. The lowest BCUT2D eigenvalue weighted by atomic mass is 10.2. The van der Waals surface area contributed by atoms with Crippen molar-refractivity contribution in [2.45, 2.75) is 13.0 Å². The van der Waals surface area contributed by atoms with Crippen molar-refractivity contribution >= 4 is 23.4 Å². The molecule has 2 aromatic rings. The lowest BCUT2D eigenvalue weighted by Gasteiger charge is -2.15. The largest absolute Gasteiger partial charge is 0.479 e. The summed E-state index contributed by atoms with van der Waals surface area (Å²) < 4.78 is 5.45. The van der Waals surface area contributed by atoms with Gasteiger partial charge in [0.25, 0.3) is 11.8 Å². The van der Waals surface area contributed by atoms with Crippen molar-refractivity contribution in [3.05, 3.63) is 65.2 Å². The van der Waals surface area contributed by atoms with Crippen LogP contribution in [0.5, 0.6) is 5.75 Å². The van der Waals surface area contributed by atoms with Gasteiger partial charge < -0.3 is 4.74 Å². The third kappa shape index (κ3) is 4.23. The summed E-state index contributed by atoms with van der Waals surface area (Å²) in [6.45, 7) is 1.56. The molecule has 0 radical (unpaired) electrons. The highest BCUT2D eigenvalue weighted by Gasteiger charge is 2.16. The van der Waals surface area contributed by atoms with Crippen molar-refractivity contribution in [3.8, 4) is 5.75 Å². The first kappa shape index (κ1) is 15.9. The van der Waals surface area contributed by atoms with Crippen LogP contribution in [0.4, 0.5) is 0 Å². The normalized spacial score (nSPS) is 11.4. The van der Waals surface area contributed by atoms with Crippen molar-refractivity contribution in [1.29, 1.82) is 0 Å². The zero-order chi connectivity index (χ0) is 15.9. The van der Waals surface area contributed by atoms with Crippen molar-refractivity contribution in [3.63, 3.8) is 0 Å². The number of nitrogens with one attached hydrogen (secondary N) is 2. The van der Waals surface area contributed by atoms with E-state index in [-0.39, 0.29) is 0 Å². The summed E-state index contributed by atoms with van der Waals surface area (Å²) in [7, 11) is 0. The van der Waals surface area contributed by atoms with Crippen LogP contribution in [0.3, 0.4) is 0 Å². The number of para-hydroxylation sites is 1. The highest BCUT2D eigenvalue weighted by molar-refractivity contribution is 6.32. The van der Waals surface area contributed by atoms with E-state index in [0.717, 1.165) is 0 Å². The Labute approximate surface area is 133 Å². The summed E-state index contributed by atoms with van der Waals surface area (Å²) in [5, 5.41) is 0.412. The van der Waals surface area contributed by atoms with E-state index in [2.05, 4.69) is 10.9 Å². The van der Waals surface area contributed by atoms with Crippen LogP contribution in [0, 0.1) is 0 Å². The molecule has 0 aliphatic rings. The second-order valence-corrected chi connectivity index (χ2v) is 4.91. The quantitative estimate of drug-likeness (QED) is 0.851. The van der Waals surface area contributed by atoms with E-state index in [1.807, 2.05) is 0 Å². The number of hydrogen-bond acceptors (Lipinski definition) is 3. The summed E-state index contributed by atoms with van der Waals surface area (Å²) in [5.41, 5.74) is 5.09. The van der Waals surface area contributed by atoms with Gasteiger partial charge in [-0.2, -0.15) is 0 Å². The second-order valence-electron chi connectivity index (χ2n) is 4.50. The van der Waals surface area contributed by atoms with E-state index in [9.17, 15) is 9.59 Å². The Morgan fingerprint density at radius 2 is 1.64 bits per heavy atom. The molecule has 114 valence electrons. The van der Waals surface area contributed by atoms with Crippen molar-refractivity contribution < 1.29 is 14.3 Å². The molecule has 0 saturated heterocycles. The van der Waals surface area contributed by atoms with Crippen molar-refractivity contribution in [2.24, 2.45) is 0 Å². The molecule has 1 atom stereocenters. The number of carbonyl (C=O) groups excluding carboxylic acids is 2. The Bertz CT molecular complexity index is 661. The average molecular weight is 319 g/mol. The van der Waals surface area contributed by atoms with Crippen LogP contribution in [-0.2, 0) is 4.79 Å². The zero-order valence-electron chi connectivity index (χ0n) is 11.9. The molecular formula is C16H15ClN2O3. The third-order valence-electron chi connectivity index (χ3n) is 2.84. The summed E-state index contributed by atoms with van der Waals surface area (Å²) in [6, 6.07) is 15.4. The van der Waals surface area contributed by atoms with E-state index >= 15 is 0 Å². The Balaban J connectivity index is 1.87.